The van der Waals surface area contributed by atoms with Gasteiger partial charge in [-0.1, -0.05) is 0 Å². The van der Waals surface area contributed by atoms with Gasteiger partial charge in [-0.2, -0.15) is 10.2 Å². The van der Waals surface area contributed by atoms with Crippen molar-refractivity contribution in [3.05, 3.63) is 35.4 Å². The lowest BCUT2D eigenvalue weighted by Gasteiger charge is -2.18. The third-order valence-electron chi connectivity index (χ3n) is 3.51. The van der Waals surface area contributed by atoms with Gasteiger partial charge in [-0.05, 0) is 26.8 Å². The van der Waals surface area contributed by atoms with E-state index in [1.54, 1.807) is 11.6 Å². The second-order valence-corrected chi connectivity index (χ2v) is 5.22. The lowest BCUT2D eigenvalue weighted by atomic mass is 10.1. The average molecular weight is 305 g/mol. The lowest BCUT2D eigenvalue weighted by molar-refractivity contribution is -0.124. The summed E-state index contributed by atoms with van der Waals surface area (Å²) in [6.45, 7) is 5.34. The molecule has 0 radical (unpaired) electrons. The minimum atomic E-state index is -1.12. The van der Waals surface area contributed by atoms with Crippen LogP contribution in [0, 0.1) is 6.92 Å². The van der Waals surface area contributed by atoms with E-state index in [-0.39, 0.29) is 17.6 Å². The number of carboxylic acids is 1. The lowest BCUT2D eigenvalue weighted by Crippen LogP contribution is -2.34. The zero-order valence-corrected chi connectivity index (χ0v) is 12.9. The molecule has 22 heavy (non-hydrogen) atoms. The van der Waals surface area contributed by atoms with Crippen LogP contribution < -0.4 is 5.32 Å². The molecule has 8 heteroatoms. The number of carbonyl (C=O) groups is 2. The Kier molecular flexibility index (Phi) is 4.30. The summed E-state index contributed by atoms with van der Waals surface area (Å²) in [5, 5.41) is 20.1. The molecular formula is C14H19N5O3. The van der Waals surface area contributed by atoms with Gasteiger partial charge in [0.05, 0.1) is 11.7 Å². The van der Waals surface area contributed by atoms with Gasteiger partial charge in [0.2, 0.25) is 5.91 Å². The molecule has 0 aliphatic rings. The van der Waals surface area contributed by atoms with Crippen molar-refractivity contribution in [2.24, 2.45) is 7.05 Å². The fraction of sp³-hybridized carbons (Fsp3) is 0.429. The molecule has 0 aliphatic heterocycles. The normalized spacial score (nSPS) is 13.6. The Hall–Kier alpha value is -2.64. The number of aryl methyl sites for hydroxylation is 2. The second-order valence-electron chi connectivity index (χ2n) is 5.22. The summed E-state index contributed by atoms with van der Waals surface area (Å²) in [7, 11) is 1.82. The van der Waals surface area contributed by atoms with Gasteiger partial charge >= 0.3 is 5.97 Å². The van der Waals surface area contributed by atoms with Gasteiger partial charge in [0.1, 0.15) is 11.7 Å². The van der Waals surface area contributed by atoms with Crippen LogP contribution in [0.15, 0.2) is 18.5 Å². The first-order chi connectivity index (χ1) is 10.3. The van der Waals surface area contributed by atoms with Crippen molar-refractivity contribution in [1.82, 2.24) is 24.9 Å². The molecule has 0 fully saturated rings. The molecule has 2 rings (SSSR count). The third kappa shape index (κ3) is 3.00. The van der Waals surface area contributed by atoms with Crippen LogP contribution in [-0.4, -0.2) is 36.5 Å². The molecule has 8 nitrogen and oxygen atoms in total. The van der Waals surface area contributed by atoms with E-state index in [9.17, 15) is 9.59 Å². The summed E-state index contributed by atoms with van der Waals surface area (Å²) < 4.78 is 2.88. The summed E-state index contributed by atoms with van der Waals surface area (Å²) in [6, 6.07) is 0.411. The Morgan fingerprint density at radius 2 is 2.05 bits per heavy atom. The molecule has 2 heterocycles. The molecule has 118 valence electrons. The number of nitrogens with one attached hydrogen (secondary N) is 1. The molecule has 0 saturated heterocycles. The van der Waals surface area contributed by atoms with Gasteiger partial charge in [0.25, 0.3) is 0 Å². The number of aromatic nitrogens is 4. The van der Waals surface area contributed by atoms with Crippen LogP contribution in [0.25, 0.3) is 0 Å². The zero-order valence-electron chi connectivity index (χ0n) is 12.9. The highest BCUT2D eigenvalue weighted by Gasteiger charge is 2.23. The Morgan fingerprint density at radius 1 is 1.36 bits per heavy atom. The Morgan fingerprint density at radius 3 is 2.59 bits per heavy atom. The average Bonchev–Trinajstić information content (AvgIpc) is 3.04. The van der Waals surface area contributed by atoms with Gasteiger partial charge < -0.3 is 10.4 Å². The summed E-state index contributed by atoms with van der Waals surface area (Å²) >= 11 is 0. The van der Waals surface area contributed by atoms with E-state index in [2.05, 4.69) is 15.5 Å². The van der Waals surface area contributed by atoms with Crippen LogP contribution in [0.1, 0.15) is 47.7 Å². The minimum absolute atomic E-state index is 0.0205. The minimum Gasteiger partial charge on any atom is -0.477 e. The molecule has 2 aromatic heterocycles. The molecule has 0 aliphatic carbocycles. The molecule has 2 atom stereocenters. The van der Waals surface area contributed by atoms with Crippen LogP contribution in [-0.2, 0) is 11.8 Å². The number of rotatable bonds is 5. The maximum absolute atomic E-state index is 12.3. The fourth-order valence-corrected chi connectivity index (χ4v) is 2.36. The second kappa shape index (κ2) is 6.00. The topological polar surface area (TPSA) is 102 Å². The highest BCUT2D eigenvalue weighted by molar-refractivity contribution is 5.87. The van der Waals surface area contributed by atoms with Crippen LogP contribution in [0.3, 0.4) is 0 Å². The maximum atomic E-state index is 12.3. The summed E-state index contributed by atoms with van der Waals surface area (Å²) in [5.41, 5.74) is 1.74. The number of carbonyl (C=O) groups excluding carboxylic acids is 1. The molecule has 2 unspecified atom stereocenters. The van der Waals surface area contributed by atoms with E-state index < -0.39 is 12.0 Å². The van der Waals surface area contributed by atoms with Crippen molar-refractivity contribution in [2.75, 3.05) is 0 Å². The van der Waals surface area contributed by atoms with Crippen molar-refractivity contribution in [3.63, 3.8) is 0 Å². The number of carboxylic acid groups (broad SMARTS) is 1. The first kappa shape index (κ1) is 15.7. The molecular weight excluding hydrogens is 286 g/mol. The van der Waals surface area contributed by atoms with Crippen LogP contribution in [0.5, 0.6) is 0 Å². The Bertz CT molecular complexity index is 703. The smallest absolute Gasteiger partial charge is 0.354 e. The van der Waals surface area contributed by atoms with E-state index in [0.717, 1.165) is 11.3 Å². The Labute approximate surface area is 127 Å². The first-order valence-electron chi connectivity index (χ1n) is 6.88. The molecule has 0 aromatic carbocycles. The monoisotopic (exact) mass is 305 g/mol. The molecule has 0 bridgehead atoms. The van der Waals surface area contributed by atoms with E-state index in [0.29, 0.717) is 0 Å². The van der Waals surface area contributed by atoms with E-state index in [4.69, 9.17) is 5.11 Å². The van der Waals surface area contributed by atoms with Crippen molar-refractivity contribution in [3.8, 4) is 0 Å². The Balaban J connectivity index is 2.13. The van der Waals surface area contributed by atoms with Crippen LogP contribution in [0.2, 0.25) is 0 Å². The van der Waals surface area contributed by atoms with E-state index in [1.165, 1.54) is 16.9 Å². The number of hydrogen-bond acceptors (Lipinski definition) is 4. The molecule has 0 saturated carbocycles. The van der Waals surface area contributed by atoms with Crippen molar-refractivity contribution in [1.29, 1.82) is 0 Å². The van der Waals surface area contributed by atoms with Crippen molar-refractivity contribution in [2.45, 2.75) is 32.9 Å². The summed E-state index contributed by atoms with van der Waals surface area (Å²) in [6.07, 6.45) is 3.21. The van der Waals surface area contributed by atoms with Gasteiger partial charge in [0, 0.05) is 25.0 Å². The van der Waals surface area contributed by atoms with Gasteiger partial charge in [0.15, 0.2) is 0 Å². The standard InChI is InChI=1S/C14H19N5O3/c1-8(11-7-18(4)17-9(11)2)16-13(20)10(3)19-12(14(21)22)5-6-15-19/h5-8,10H,1-4H3,(H,16,20)(H,21,22). The highest BCUT2D eigenvalue weighted by Crippen LogP contribution is 2.17. The number of aromatic carboxylic acids is 1. The maximum Gasteiger partial charge on any atom is 0.354 e. The van der Waals surface area contributed by atoms with E-state index >= 15 is 0 Å². The quantitative estimate of drug-likeness (QED) is 0.860. The van der Waals surface area contributed by atoms with Gasteiger partial charge in [-0.15, -0.1) is 0 Å². The van der Waals surface area contributed by atoms with Crippen LogP contribution >= 0.6 is 0 Å². The number of amides is 1. The molecule has 1 amide bonds. The highest BCUT2D eigenvalue weighted by atomic mass is 16.4. The zero-order chi connectivity index (χ0) is 16.4. The van der Waals surface area contributed by atoms with Crippen molar-refractivity contribution >= 4 is 11.9 Å². The summed E-state index contributed by atoms with van der Waals surface area (Å²) in [5.74, 6) is -1.42. The SMILES string of the molecule is Cc1nn(C)cc1C(C)NC(=O)C(C)n1nccc1C(=O)O. The van der Waals surface area contributed by atoms with E-state index in [1.807, 2.05) is 27.1 Å². The number of nitrogens with zero attached hydrogens (tertiary/aromatic N) is 4. The molecule has 2 aromatic rings. The molecule has 2 N–H and O–H groups in total. The number of hydrogen-bond donors (Lipinski definition) is 2. The molecule has 0 spiro atoms. The van der Waals surface area contributed by atoms with Crippen LogP contribution in [0.4, 0.5) is 0 Å². The third-order valence-corrected chi connectivity index (χ3v) is 3.51. The predicted molar refractivity (Wildman–Crippen MR) is 78.4 cm³/mol. The van der Waals surface area contributed by atoms with Gasteiger partial charge in [-0.3, -0.25) is 9.48 Å². The van der Waals surface area contributed by atoms with Crippen molar-refractivity contribution < 1.29 is 14.7 Å². The largest absolute Gasteiger partial charge is 0.477 e. The van der Waals surface area contributed by atoms with Gasteiger partial charge in [-0.25, -0.2) is 9.48 Å². The fourth-order valence-electron chi connectivity index (χ4n) is 2.36. The predicted octanol–water partition coefficient (Wildman–Crippen LogP) is 1.06. The summed E-state index contributed by atoms with van der Waals surface area (Å²) in [4.78, 5) is 23.4. The first-order valence-corrected chi connectivity index (χ1v) is 6.88.